The summed E-state index contributed by atoms with van der Waals surface area (Å²) in [5.74, 6) is 2.24. The molecule has 0 bridgehead atoms. The van der Waals surface area contributed by atoms with Crippen LogP contribution < -0.4 is 5.32 Å². The number of pyridine rings is 1. The molecule has 1 unspecified atom stereocenters. The largest absolute Gasteiger partial charge is 0.339 e. The number of aromatic nitrogens is 8. The fourth-order valence-corrected chi connectivity index (χ4v) is 3.65. The molecule has 1 N–H and O–H groups in total. The molecule has 160 valence electrons. The van der Waals surface area contributed by atoms with Gasteiger partial charge in [0.25, 0.3) is 0 Å². The second kappa shape index (κ2) is 6.94. The lowest BCUT2D eigenvalue weighted by molar-refractivity contribution is -0.117. The van der Waals surface area contributed by atoms with Gasteiger partial charge in [-0.2, -0.15) is 10.1 Å². The first-order valence-electron chi connectivity index (χ1n) is 10.4. The van der Waals surface area contributed by atoms with Crippen molar-refractivity contribution in [1.29, 1.82) is 0 Å². The molecule has 1 amide bonds. The average molecular weight is 429 g/mol. The van der Waals surface area contributed by atoms with Crippen molar-refractivity contribution in [2.75, 3.05) is 5.32 Å². The van der Waals surface area contributed by atoms with E-state index in [1.54, 1.807) is 17.6 Å². The van der Waals surface area contributed by atoms with Gasteiger partial charge in [-0.05, 0) is 44.0 Å². The number of aryl methyl sites for hydroxylation is 1. The van der Waals surface area contributed by atoms with Crippen LogP contribution in [0.4, 0.5) is 5.82 Å². The van der Waals surface area contributed by atoms with E-state index in [0.29, 0.717) is 28.8 Å². The van der Waals surface area contributed by atoms with Crippen LogP contribution in [0.3, 0.4) is 0 Å². The van der Waals surface area contributed by atoms with Gasteiger partial charge >= 0.3 is 0 Å². The van der Waals surface area contributed by atoms with E-state index in [4.69, 9.17) is 9.62 Å². The maximum atomic E-state index is 12.0. The molecule has 1 saturated carbocycles. The lowest BCUT2D eigenvalue weighted by Crippen LogP contribution is -2.13. The number of hydrogen-bond donors (Lipinski definition) is 1. The van der Waals surface area contributed by atoms with Crippen molar-refractivity contribution < 1.29 is 9.32 Å². The second-order valence-corrected chi connectivity index (χ2v) is 8.01. The smallest absolute Gasteiger partial charge is 0.228 e. The fourth-order valence-electron chi connectivity index (χ4n) is 3.65. The minimum absolute atomic E-state index is 0.0181. The minimum atomic E-state index is -0.149. The van der Waals surface area contributed by atoms with Gasteiger partial charge in [0.1, 0.15) is 5.82 Å². The van der Waals surface area contributed by atoms with Gasteiger partial charge in [-0.25, -0.2) is 9.50 Å². The van der Waals surface area contributed by atoms with E-state index in [-0.39, 0.29) is 17.7 Å². The van der Waals surface area contributed by atoms with Crippen LogP contribution >= 0.6 is 0 Å². The van der Waals surface area contributed by atoms with Gasteiger partial charge in [0.05, 0.1) is 17.8 Å². The van der Waals surface area contributed by atoms with Crippen LogP contribution in [-0.2, 0) is 4.79 Å². The Hall–Kier alpha value is -4.15. The van der Waals surface area contributed by atoms with Gasteiger partial charge < -0.3 is 9.84 Å². The summed E-state index contributed by atoms with van der Waals surface area (Å²) < 4.78 is 8.68. The maximum absolute atomic E-state index is 12.0. The second-order valence-electron chi connectivity index (χ2n) is 8.01. The monoisotopic (exact) mass is 429 g/mol. The highest BCUT2D eigenvalue weighted by Crippen LogP contribution is 2.30. The molecule has 1 atom stereocenters. The Morgan fingerprint density at radius 3 is 2.75 bits per heavy atom. The van der Waals surface area contributed by atoms with Crippen molar-refractivity contribution in [1.82, 2.24) is 39.3 Å². The van der Waals surface area contributed by atoms with Crippen molar-refractivity contribution >= 4 is 23.0 Å². The van der Waals surface area contributed by atoms with Crippen LogP contribution in [0.1, 0.15) is 43.1 Å². The SMILES string of the molecule is Cc1nc(-c2ccc3nnc(C(C)c4ccc5nc(NC(=O)C6CC6)cn5n4)n3c2)no1. The predicted octanol–water partition coefficient (Wildman–Crippen LogP) is 2.63. The van der Waals surface area contributed by atoms with Crippen molar-refractivity contribution in [3.8, 4) is 11.4 Å². The third-order valence-corrected chi connectivity index (χ3v) is 5.59. The van der Waals surface area contributed by atoms with Crippen LogP contribution in [0.2, 0.25) is 0 Å². The van der Waals surface area contributed by atoms with Crippen LogP contribution in [0.25, 0.3) is 22.7 Å². The van der Waals surface area contributed by atoms with Crippen LogP contribution in [0.15, 0.2) is 41.2 Å². The molecular weight excluding hydrogens is 410 g/mol. The first-order chi connectivity index (χ1) is 15.5. The molecule has 0 radical (unpaired) electrons. The molecule has 5 aromatic rings. The molecule has 0 saturated heterocycles. The topological polar surface area (TPSA) is 128 Å². The van der Waals surface area contributed by atoms with Crippen molar-refractivity contribution in [2.24, 2.45) is 5.92 Å². The minimum Gasteiger partial charge on any atom is -0.339 e. The van der Waals surface area contributed by atoms with Crippen molar-refractivity contribution in [3.63, 3.8) is 0 Å². The molecule has 6 rings (SSSR count). The molecule has 5 aromatic heterocycles. The van der Waals surface area contributed by atoms with Crippen LogP contribution in [0, 0.1) is 12.8 Å². The van der Waals surface area contributed by atoms with Gasteiger partial charge in [-0.3, -0.25) is 9.20 Å². The number of nitrogens with zero attached hydrogens (tertiary/aromatic N) is 8. The molecule has 32 heavy (non-hydrogen) atoms. The maximum Gasteiger partial charge on any atom is 0.228 e. The standard InChI is InChI=1S/C21H19N9O2/c1-11(15-6-8-17-23-16(10-30(17)27-15)24-21(31)13-3-4-13)20-26-25-18-7-5-14(9-29(18)20)19-22-12(2)32-28-19/h5-11,13H,3-4H2,1-2H3,(H,24,31). The predicted molar refractivity (Wildman–Crippen MR) is 113 cm³/mol. The van der Waals surface area contributed by atoms with Gasteiger partial charge in [0, 0.05) is 24.6 Å². The van der Waals surface area contributed by atoms with Gasteiger partial charge in [0.2, 0.25) is 17.6 Å². The summed E-state index contributed by atoms with van der Waals surface area (Å²) >= 11 is 0. The molecule has 0 aliphatic heterocycles. The Bertz CT molecular complexity index is 1480. The van der Waals surface area contributed by atoms with Gasteiger partial charge in [0.15, 0.2) is 17.1 Å². The first-order valence-corrected chi connectivity index (χ1v) is 10.4. The summed E-state index contributed by atoms with van der Waals surface area (Å²) in [6.45, 7) is 3.77. The van der Waals surface area contributed by atoms with E-state index in [2.05, 4.69) is 30.6 Å². The Morgan fingerprint density at radius 1 is 1.12 bits per heavy atom. The zero-order valence-electron chi connectivity index (χ0n) is 17.4. The molecule has 11 nitrogen and oxygen atoms in total. The Kier molecular flexibility index (Phi) is 4.03. The molecule has 11 heteroatoms. The number of fused-ring (bicyclic) bond motifs is 2. The average Bonchev–Trinajstić information content (AvgIpc) is 3.23. The molecule has 5 heterocycles. The summed E-state index contributed by atoms with van der Waals surface area (Å²) in [6, 6.07) is 7.54. The Balaban J connectivity index is 1.33. The molecule has 1 aliphatic carbocycles. The summed E-state index contributed by atoms with van der Waals surface area (Å²) in [6.07, 6.45) is 5.51. The van der Waals surface area contributed by atoms with E-state index >= 15 is 0 Å². The summed E-state index contributed by atoms with van der Waals surface area (Å²) in [5, 5.41) is 20.2. The van der Waals surface area contributed by atoms with E-state index in [0.717, 1.165) is 29.9 Å². The highest BCUT2D eigenvalue weighted by atomic mass is 16.5. The number of rotatable bonds is 5. The molecule has 1 aliphatic rings. The zero-order chi connectivity index (χ0) is 21.8. The summed E-state index contributed by atoms with van der Waals surface area (Å²) in [4.78, 5) is 20.8. The number of nitrogens with one attached hydrogen (secondary N) is 1. The zero-order valence-corrected chi connectivity index (χ0v) is 17.4. The molecule has 0 spiro atoms. The number of amides is 1. The normalized spacial score (nSPS) is 14.8. The van der Waals surface area contributed by atoms with E-state index in [1.165, 1.54) is 0 Å². The Morgan fingerprint density at radius 2 is 1.97 bits per heavy atom. The van der Waals surface area contributed by atoms with Crippen LogP contribution in [-0.4, -0.2) is 45.2 Å². The van der Waals surface area contributed by atoms with Gasteiger partial charge in [-0.1, -0.05) is 5.16 Å². The lowest BCUT2D eigenvalue weighted by atomic mass is 10.1. The Labute approximate surface area is 181 Å². The lowest BCUT2D eigenvalue weighted by Gasteiger charge is -2.10. The number of anilines is 1. The highest BCUT2D eigenvalue weighted by molar-refractivity contribution is 5.93. The first kappa shape index (κ1) is 18.6. The third kappa shape index (κ3) is 3.18. The van der Waals surface area contributed by atoms with Crippen molar-refractivity contribution in [2.45, 2.75) is 32.6 Å². The highest BCUT2D eigenvalue weighted by Gasteiger charge is 2.30. The van der Waals surface area contributed by atoms with Gasteiger partial charge in [-0.15, -0.1) is 10.2 Å². The number of hydrogen-bond acceptors (Lipinski definition) is 8. The summed E-state index contributed by atoms with van der Waals surface area (Å²) in [7, 11) is 0. The van der Waals surface area contributed by atoms with E-state index in [9.17, 15) is 4.79 Å². The number of carbonyl (C=O) groups is 1. The molecular formula is C21H19N9O2. The fraction of sp³-hybridized carbons (Fsp3) is 0.286. The third-order valence-electron chi connectivity index (χ3n) is 5.59. The van der Waals surface area contributed by atoms with Crippen molar-refractivity contribution in [3.05, 3.63) is 54.1 Å². The summed E-state index contributed by atoms with van der Waals surface area (Å²) in [5.41, 5.74) is 2.97. The molecule has 0 aromatic carbocycles. The van der Waals surface area contributed by atoms with Crippen LogP contribution in [0.5, 0.6) is 0 Å². The number of carbonyl (C=O) groups excluding carboxylic acids is 1. The quantitative estimate of drug-likeness (QED) is 0.451. The van der Waals surface area contributed by atoms with E-state index in [1.807, 2.05) is 41.8 Å². The van der Waals surface area contributed by atoms with E-state index < -0.39 is 0 Å². The number of imidazole rings is 1. The molecule has 1 fully saturated rings.